The number of pyridine rings is 1. The van der Waals surface area contributed by atoms with Crippen LogP contribution in [-0.4, -0.2) is 16.5 Å². The Labute approximate surface area is 127 Å². The Bertz CT molecular complexity index is 465. The van der Waals surface area contributed by atoms with Crippen molar-refractivity contribution in [3.63, 3.8) is 0 Å². The number of nitrogens with zero attached hydrogens (tertiary/aromatic N) is 1. The highest BCUT2D eigenvalue weighted by Gasteiger charge is 2.34. The molecular formula is C16H25N3S. The second-order valence-corrected chi connectivity index (χ2v) is 6.89. The van der Waals surface area contributed by atoms with Gasteiger partial charge in [0.1, 0.15) is 4.99 Å². The van der Waals surface area contributed by atoms with Crippen LogP contribution in [0.25, 0.3) is 0 Å². The van der Waals surface area contributed by atoms with E-state index < -0.39 is 0 Å². The molecule has 1 aliphatic rings. The first kappa shape index (κ1) is 15.2. The van der Waals surface area contributed by atoms with Gasteiger partial charge in [0.15, 0.2) is 0 Å². The molecule has 110 valence electrons. The summed E-state index contributed by atoms with van der Waals surface area (Å²) in [5.41, 5.74) is 7.85. The van der Waals surface area contributed by atoms with E-state index in [0.717, 1.165) is 18.2 Å². The first-order valence-electron chi connectivity index (χ1n) is 7.50. The van der Waals surface area contributed by atoms with Gasteiger partial charge in [0.2, 0.25) is 0 Å². The van der Waals surface area contributed by atoms with Gasteiger partial charge in [0.05, 0.1) is 5.69 Å². The molecule has 1 heterocycles. The van der Waals surface area contributed by atoms with Crippen molar-refractivity contribution in [3.8, 4) is 0 Å². The lowest BCUT2D eigenvalue weighted by atomic mass is 9.78. The van der Waals surface area contributed by atoms with Gasteiger partial charge in [-0.2, -0.15) is 0 Å². The quantitative estimate of drug-likeness (QED) is 0.784. The molecule has 0 amide bonds. The summed E-state index contributed by atoms with van der Waals surface area (Å²) in [5, 5.41) is 3.57. The lowest BCUT2D eigenvalue weighted by Crippen LogP contribution is -2.28. The second-order valence-electron chi connectivity index (χ2n) is 6.45. The summed E-state index contributed by atoms with van der Waals surface area (Å²) in [6, 6.07) is 3.93. The fourth-order valence-corrected chi connectivity index (χ4v) is 3.52. The lowest BCUT2D eigenvalue weighted by molar-refractivity contribution is 0.252. The molecule has 1 fully saturated rings. The van der Waals surface area contributed by atoms with Crippen LogP contribution in [-0.2, 0) is 0 Å². The summed E-state index contributed by atoms with van der Waals surface area (Å²) in [4.78, 5) is 4.53. The molecule has 0 radical (unpaired) electrons. The summed E-state index contributed by atoms with van der Waals surface area (Å²) in [5.74, 6) is 0.750. The third kappa shape index (κ3) is 3.92. The Morgan fingerprint density at radius 2 is 2.15 bits per heavy atom. The molecule has 0 bridgehead atoms. The van der Waals surface area contributed by atoms with Gasteiger partial charge in [0, 0.05) is 18.4 Å². The van der Waals surface area contributed by atoms with E-state index in [1.807, 2.05) is 12.1 Å². The topological polar surface area (TPSA) is 50.9 Å². The van der Waals surface area contributed by atoms with Gasteiger partial charge in [-0.25, -0.2) is 0 Å². The van der Waals surface area contributed by atoms with E-state index in [4.69, 9.17) is 18.0 Å². The maximum absolute atomic E-state index is 5.63. The highest BCUT2D eigenvalue weighted by atomic mass is 32.1. The number of hydrogen-bond acceptors (Lipinski definition) is 3. The minimum absolute atomic E-state index is 0.353. The van der Waals surface area contributed by atoms with Gasteiger partial charge in [-0.15, -0.1) is 0 Å². The smallest absolute Gasteiger partial charge is 0.122 e. The normalized spacial score (nSPS) is 17.4. The molecule has 1 aliphatic carbocycles. The summed E-state index contributed by atoms with van der Waals surface area (Å²) < 4.78 is 0. The predicted molar refractivity (Wildman–Crippen MR) is 89.0 cm³/mol. The van der Waals surface area contributed by atoms with Crippen molar-refractivity contribution in [2.45, 2.75) is 46.0 Å². The molecule has 4 heteroatoms. The van der Waals surface area contributed by atoms with E-state index in [1.165, 1.54) is 32.1 Å². The van der Waals surface area contributed by atoms with Crippen LogP contribution in [0.2, 0.25) is 0 Å². The molecule has 3 nitrogen and oxygen atoms in total. The molecule has 0 spiro atoms. The number of hydrogen-bond donors (Lipinski definition) is 2. The zero-order chi connectivity index (χ0) is 14.6. The second kappa shape index (κ2) is 6.53. The van der Waals surface area contributed by atoms with Gasteiger partial charge >= 0.3 is 0 Å². The third-order valence-corrected chi connectivity index (χ3v) is 4.39. The Morgan fingerprint density at radius 3 is 2.75 bits per heavy atom. The van der Waals surface area contributed by atoms with E-state index >= 15 is 0 Å². The van der Waals surface area contributed by atoms with Crippen molar-refractivity contribution in [2.75, 3.05) is 11.9 Å². The maximum atomic E-state index is 5.63. The number of aromatic nitrogens is 1. The Morgan fingerprint density at radius 1 is 1.45 bits per heavy atom. The van der Waals surface area contributed by atoms with E-state index in [9.17, 15) is 0 Å². The molecule has 1 aromatic rings. The summed E-state index contributed by atoms with van der Waals surface area (Å²) >= 11 is 4.98. The average molecular weight is 291 g/mol. The minimum atomic E-state index is 0.353. The number of thiocarbonyl (C=S) groups is 1. The van der Waals surface area contributed by atoms with Crippen LogP contribution >= 0.6 is 12.2 Å². The van der Waals surface area contributed by atoms with Crippen molar-refractivity contribution in [2.24, 2.45) is 17.1 Å². The van der Waals surface area contributed by atoms with E-state index in [2.05, 4.69) is 24.1 Å². The van der Waals surface area contributed by atoms with E-state index in [0.29, 0.717) is 16.1 Å². The number of nitrogens with two attached hydrogens (primary N) is 1. The highest BCUT2D eigenvalue weighted by molar-refractivity contribution is 7.80. The van der Waals surface area contributed by atoms with Crippen LogP contribution in [0.1, 0.15) is 51.6 Å². The Kier molecular flexibility index (Phi) is 4.97. The van der Waals surface area contributed by atoms with Crippen LogP contribution < -0.4 is 11.1 Å². The summed E-state index contributed by atoms with van der Waals surface area (Å²) in [7, 11) is 0. The maximum Gasteiger partial charge on any atom is 0.122 e. The molecule has 0 aromatic carbocycles. The van der Waals surface area contributed by atoms with Crippen LogP contribution in [0, 0.1) is 11.3 Å². The average Bonchev–Trinajstić information content (AvgIpc) is 2.85. The molecule has 1 saturated carbocycles. The van der Waals surface area contributed by atoms with Gasteiger partial charge in [-0.1, -0.05) is 38.9 Å². The molecule has 20 heavy (non-hydrogen) atoms. The van der Waals surface area contributed by atoms with Crippen LogP contribution in [0.3, 0.4) is 0 Å². The van der Waals surface area contributed by atoms with Crippen LogP contribution in [0.5, 0.6) is 0 Å². The minimum Gasteiger partial charge on any atom is -0.388 e. The Hall–Kier alpha value is -1.16. The molecule has 1 aromatic heterocycles. The van der Waals surface area contributed by atoms with Gasteiger partial charge in [-0.3, -0.25) is 4.98 Å². The van der Waals surface area contributed by atoms with Gasteiger partial charge < -0.3 is 11.1 Å². The first-order chi connectivity index (χ1) is 9.51. The third-order valence-electron chi connectivity index (χ3n) is 4.19. The van der Waals surface area contributed by atoms with Crippen molar-refractivity contribution >= 4 is 22.9 Å². The molecular weight excluding hydrogens is 266 g/mol. The Balaban J connectivity index is 2.02. The van der Waals surface area contributed by atoms with E-state index in [1.54, 1.807) is 6.20 Å². The summed E-state index contributed by atoms with van der Waals surface area (Å²) in [6.07, 6.45) is 8.47. The predicted octanol–water partition coefficient (Wildman–Crippen LogP) is 3.73. The monoisotopic (exact) mass is 291 g/mol. The van der Waals surface area contributed by atoms with Crippen LogP contribution in [0.15, 0.2) is 18.3 Å². The number of anilines is 1. The first-order valence-corrected chi connectivity index (χ1v) is 7.91. The molecule has 0 aliphatic heterocycles. The van der Waals surface area contributed by atoms with Crippen molar-refractivity contribution in [1.29, 1.82) is 0 Å². The zero-order valence-electron chi connectivity index (χ0n) is 12.5. The standard InChI is InChI=1S/C16H25N3S/c1-12(2)10-16(6-3-4-7-16)11-19-13-5-8-18-14(9-13)15(17)20/h5,8-9,12H,3-4,6-7,10-11H2,1-2H3,(H2,17,20)(H,18,19). The largest absolute Gasteiger partial charge is 0.388 e. The van der Waals surface area contributed by atoms with E-state index in [-0.39, 0.29) is 0 Å². The summed E-state index contributed by atoms with van der Waals surface area (Å²) in [6.45, 7) is 5.67. The van der Waals surface area contributed by atoms with Crippen molar-refractivity contribution in [1.82, 2.24) is 4.98 Å². The molecule has 2 rings (SSSR count). The van der Waals surface area contributed by atoms with Crippen molar-refractivity contribution in [3.05, 3.63) is 24.0 Å². The highest BCUT2D eigenvalue weighted by Crippen LogP contribution is 2.43. The van der Waals surface area contributed by atoms with Crippen LogP contribution in [0.4, 0.5) is 5.69 Å². The van der Waals surface area contributed by atoms with Crippen molar-refractivity contribution < 1.29 is 0 Å². The molecule has 0 atom stereocenters. The molecule has 0 saturated heterocycles. The van der Waals surface area contributed by atoms with Gasteiger partial charge in [0.25, 0.3) is 0 Å². The molecule has 3 N–H and O–H groups in total. The fraction of sp³-hybridized carbons (Fsp3) is 0.625. The lowest BCUT2D eigenvalue weighted by Gasteiger charge is -2.31. The number of rotatable bonds is 6. The number of nitrogens with one attached hydrogen (secondary N) is 1. The molecule has 0 unspecified atom stereocenters. The fourth-order valence-electron chi connectivity index (χ4n) is 3.41. The SMILES string of the molecule is CC(C)CC1(CNc2ccnc(C(N)=S)c2)CCCC1. The zero-order valence-corrected chi connectivity index (χ0v) is 13.3. The van der Waals surface area contributed by atoms with Gasteiger partial charge in [-0.05, 0) is 42.7 Å².